The molecular formula is C21H21N3O2S2. The van der Waals surface area contributed by atoms with Crippen LogP contribution in [-0.2, 0) is 24.1 Å². The first kappa shape index (κ1) is 18.8. The van der Waals surface area contributed by atoms with Gasteiger partial charge in [-0.2, -0.15) is 0 Å². The number of aromatic nitrogens is 1. The molecule has 5 nitrogen and oxygen atoms in total. The van der Waals surface area contributed by atoms with Crippen LogP contribution in [0.25, 0.3) is 10.6 Å². The van der Waals surface area contributed by atoms with Crippen molar-refractivity contribution < 1.29 is 9.59 Å². The number of primary amides is 1. The Morgan fingerprint density at radius 2 is 1.89 bits per heavy atom. The van der Waals surface area contributed by atoms with E-state index in [1.165, 1.54) is 27.6 Å². The van der Waals surface area contributed by atoms with E-state index in [2.05, 4.69) is 10.3 Å². The maximum atomic E-state index is 12.6. The van der Waals surface area contributed by atoms with E-state index >= 15 is 0 Å². The lowest BCUT2D eigenvalue weighted by Gasteiger charge is -2.05. The summed E-state index contributed by atoms with van der Waals surface area (Å²) in [4.78, 5) is 30.4. The molecule has 0 unspecified atom stereocenters. The second-order valence-corrected chi connectivity index (χ2v) is 8.83. The topological polar surface area (TPSA) is 85.1 Å². The first-order valence-corrected chi connectivity index (χ1v) is 11.1. The Labute approximate surface area is 171 Å². The molecule has 0 saturated heterocycles. The zero-order valence-electron chi connectivity index (χ0n) is 15.4. The zero-order valence-corrected chi connectivity index (χ0v) is 17.0. The lowest BCUT2D eigenvalue weighted by atomic mass is 10.1. The monoisotopic (exact) mass is 411 g/mol. The second-order valence-electron chi connectivity index (χ2n) is 6.87. The minimum Gasteiger partial charge on any atom is -0.365 e. The average molecular weight is 412 g/mol. The molecule has 28 heavy (non-hydrogen) atoms. The van der Waals surface area contributed by atoms with Gasteiger partial charge in [0.2, 0.25) is 5.91 Å². The molecule has 0 bridgehead atoms. The van der Waals surface area contributed by atoms with E-state index in [0.29, 0.717) is 10.6 Å². The number of benzene rings is 1. The summed E-state index contributed by atoms with van der Waals surface area (Å²) in [6, 6.07) is 9.90. The van der Waals surface area contributed by atoms with Crippen molar-refractivity contribution in [1.82, 2.24) is 4.98 Å². The van der Waals surface area contributed by atoms with Crippen LogP contribution < -0.4 is 11.1 Å². The summed E-state index contributed by atoms with van der Waals surface area (Å²) in [5.41, 5.74) is 8.93. The number of rotatable bonds is 5. The normalized spacial score (nSPS) is 13.6. The molecule has 0 atom stereocenters. The van der Waals surface area contributed by atoms with E-state index in [1.807, 2.05) is 35.7 Å². The molecule has 2 amide bonds. The van der Waals surface area contributed by atoms with Crippen molar-refractivity contribution in [3.63, 3.8) is 0 Å². The quantitative estimate of drug-likeness (QED) is 0.610. The van der Waals surface area contributed by atoms with Crippen molar-refractivity contribution in [3.05, 3.63) is 57.4 Å². The molecule has 0 aliphatic heterocycles. The highest BCUT2D eigenvalue weighted by atomic mass is 32.1. The zero-order chi connectivity index (χ0) is 19.5. The summed E-state index contributed by atoms with van der Waals surface area (Å²) in [5, 5.41) is 6.29. The van der Waals surface area contributed by atoms with Gasteiger partial charge in [0.25, 0.3) is 5.91 Å². The van der Waals surface area contributed by atoms with Gasteiger partial charge >= 0.3 is 0 Å². The number of nitrogens with two attached hydrogens (primary N) is 1. The van der Waals surface area contributed by atoms with Gasteiger partial charge in [-0.3, -0.25) is 9.59 Å². The maximum absolute atomic E-state index is 12.6. The molecule has 1 aromatic carbocycles. The summed E-state index contributed by atoms with van der Waals surface area (Å²) in [7, 11) is 0. The van der Waals surface area contributed by atoms with Crippen LogP contribution in [0.4, 0.5) is 5.00 Å². The van der Waals surface area contributed by atoms with Crippen molar-refractivity contribution in [2.75, 3.05) is 5.32 Å². The number of amides is 2. The molecule has 4 rings (SSSR count). The van der Waals surface area contributed by atoms with Gasteiger partial charge in [0.1, 0.15) is 10.0 Å². The Bertz CT molecular complexity index is 1010. The third-order valence-electron chi connectivity index (χ3n) is 4.83. The third-order valence-corrected chi connectivity index (χ3v) is 6.98. The minimum atomic E-state index is -0.463. The first-order valence-electron chi connectivity index (χ1n) is 9.36. The lowest BCUT2D eigenvalue weighted by Crippen LogP contribution is -2.19. The van der Waals surface area contributed by atoms with Crippen LogP contribution in [0, 0.1) is 0 Å². The third kappa shape index (κ3) is 4.00. The van der Waals surface area contributed by atoms with Crippen LogP contribution in [0.1, 0.15) is 45.8 Å². The molecule has 0 saturated carbocycles. The molecule has 2 heterocycles. The standard InChI is InChI=1S/C21H21N3O2S2/c22-19(26)18-15-9-5-2-6-10-16(15)28-21(18)24-17(25)11-14-12-27-20(23-14)13-7-3-1-4-8-13/h1,3-4,7-8,12H,2,5-6,9-11H2,(H2,22,26)(H,24,25). The number of nitrogens with zero attached hydrogens (tertiary/aromatic N) is 1. The molecule has 0 radical (unpaired) electrons. The predicted molar refractivity (Wildman–Crippen MR) is 114 cm³/mol. The molecule has 2 aromatic heterocycles. The Morgan fingerprint density at radius 3 is 2.68 bits per heavy atom. The summed E-state index contributed by atoms with van der Waals surface area (Å²) in [6.45, 7) is 0. The van der Waals surface area contributed by atoms with Gasteiger partial charge < -0.3 is 11.1 Å². The smallest absolute Gasteiger partial charge is 0.251 e. The van der Waals surface area contributed by atoms with Crippen molar-refractivity contribution in [1.29, 1.82) is 0 Å². The van der Waals surface area contributed by atoms with Crippen LogP contribution in [0.2, 0.25) is 0 Å². The first-order chi connectivity index (χ1) is 13.6. The van der Waals surface area contributed by atoms with E-state index in [4.69, 9.17) is 5.73 Å². The van der Waals surface area contributed by atoms with Gasteiger partial charge in [0.05, 0.1) is 17.7 Å². The van der Waals surface area contributed by atoms with E-state index in [9.17, 15) is 9.59 Å². The van der Waals surface area contributed by atoms with Crippen LogP contribution in [0.15, 0.2) is 35.7 Å². The van der Waals surface area contributed by atoms with Crippen LogP contribution in [-0.4, -0.2) is 16.8 Å². The number of thiazole rings is 1. The number of carbonyl (C=O) groups is 2. The van der Waals surface area contributed by atoms with Crippen LogP contribution >= 0.6 is 22.7 Å². The lowest BCUT2D eigenvalue weighted by molar-refractivity contribution is -0.115. The molecular weight excluding hydrogens is 390 g/mol. The molecule has 3 aromatic rings. The molecule has 0 fully saturated rings. The SMILES string of the molecule is NC(=O)c1c(NC(=O)Cc2csc(-c3ccccc3)n2)sc2c1CCCCC2. The predicted octanol–water partition coefficient (Wildman–Crippen LogP) is 4.42. The second kappa shape index (κ2) is 8.24. The van der Waals surface area contributed by atoms with E-state index < -0.39 is 5.91 Å². The highest BCUT2D eigenvalue weighted by Crippen LogP contribution is 2.37. The number of thiophene rings is 1. The van der Waals surface area contributed by atoms with Crippen LogP contribution in [0.5, 0.6) is 0 Å². The number of carbonyl (C=O) groups excluding carboxylic acids is 2. The number of anilines is 1. The van der Waals surface area contributed by atoms with Crippen molar-refractivity contribution in [3.8, 4) is 10.6 Å². The number of aryl methyl sites for hydroxylation is 1. The molecule has 144 valence electrons. The van der Waals surface area contributed by atoms with E-state index in [1.54, 1.807) is 0 Å². The number of hydrogen-bond acceptors (Lipinski definition) is 5. The van der Waals surface area contributed by atoms with Crippen molar-refractivity contribution >= 4 is 39.5 Å². The summed E-state index contributed by atoms with van der Waals surface area (Å²) < 4.78 is 0. The Morgan fingerprint density at radius 1 is 1.11 bits per heavy atom. The fourth-order valence-electron chi connectivity index (χ4n) is 3.53. The number of hydrogen-bond donors (Lipinski definition) is 2. The summed E-state index contributed by atoms with van der Waals surface area (Å²) in [5.74, 6) is -0.640. The van der Waals surface area contributed by atoms with Crippen molar-refractivity contribution in [2.45, 2.75) is 38.5 Å². The van der Waals surface area contributed by atoms with Gasteiger partial charge in [0, 0.05) is 15.8 Å². The summed E-state index contributed by atoms with van der Waals surface area (Å²) >= 11 is 3.01. The van der Waals surface area contributed by atoms with Crippen molar-refractivity contribution in [2.24, 2.45) is 5.73 Å². The Balaban J connectivity index is 1.50. The molecule has 0 spiro atoms. The molecule has 3 N–H and O–H groups in total. The van der Waals surface area contributed by atoms with Crippen LogP contribution in [0.3, 0.4) is 0 Å². The van der Waals surface area contributed by atoms with Gasteiger partial charge in [-0.1, -0.05) is 36.8 Å². The fourth-order valence-corrected chi connectivity index (χ4v) is 5.66. The average Bonchev–Trinajstić information content (AvgIpc) is 3.20. The minimum absolute atomic E-state index is 0.171. The van der Waals surface area contributed by atoms with E-state index in [-0.39, 0.29) is 12.3 Å². The Hall–Kier alpha value is -2.51. The molecule has 1 aliphatic carbocycles. The van der Waals surface area contributed by atoms with Gasteiger partial charge in [-0.15, -0.1) is 22.7 Å². The molecule has 7 heteroatoms. The largest absolute Gasteiger partial charge is 0.365 e. The number of nitrogens with one attached hydrogen (secondary N) is 1. The number of fused-ring (bicyclic) bond motifs is 1. The van der Waals surface area contributed by atoms with E-state index in [0.717, 1.165) is 53.9 Å². The van der Waals surface area contributed by atoms with Gasteiger partial charge in [-0.05, 0) is 31.2 Å². The fraction of sp³-hybridized carbons (Fsp3) is 0.286. The van der Waals surface area contributed by atoms with Gasteiger partial charge in [-0.25, -0.2) is 4.98 Å². The Kier molecular flexibility index (Phi) is 5.54. The highest BCUT2D eigenvalue weighted by Gasteiger charge is 2.24. The molecule has 1 aliphatic rings. The maximum Gasteiger partial charge on any atom is 0.251 e. The highest BCUT2D eigenvalue weighted by molar-refractivity contribution is 7.17. The van der Waals surface area contributed by atoms with Gasteiger partial charge in [0.15, 0.2) is 0 Å². The summed E-state index contributed by atoms with van der Waals surface area (Å²) in [6.07, 6.45) is 5.30.